The minimum atomic E-state index is -3.81. The quantitative estimate of drug-likeness (QED) is 0.391. The van der Waals surface area contributed by atoms with E-state index in [2.05, 4.69) is 0 Å². The molecule has 8 nitrogen and oxygen atoms in total. The minimum absolute atomic E-state index is 0.0306. The van der Waals surface area contributed by atoms with Gasteiger partial charge in [0.25, 0.3) is 5.91 Å². The molecule has 0 bridgehead atoms. The number of sulfonamides is 1. The number of nitrogens with zero attached hydrogens (tertiary/aromatic N) is 3. The third kappa shape index (κ3) is 4.38. The molecule has 1 aliphatic rings. The molecule has 4 aromatic rings. The molecular weight excluding hydrogens is 485 g/mol. The molecule has 0 radical (unpaired) electrons. The summed E-state index contributed by atoms with van der Waals surface area (Å²) in [6.07, 6.45) is 1.59. The van der Waals surface area contributed by atoms with Gasteiger partial charge in [0, 0.05) is 31.1 Å². The maximum atomic E-state index is 13.6. The van der Waals surface area contributed by atoms with Crippen LogP contribution >= 0.6 is 0 Å². The number of piperazine rings is 1. The van der Waals surface area contributed by atoms with Crippen molar-refractivity contribution in [2.24, 2.45) is 0 Å². The van der Waals surface area contributed by atoms with Gasteiger partial charge >= 0.3 is 0 Å². The van der Waals surface area contributed by atoms with E-state index in [4.69, 9.17) is 9.15 Å². The zero-order chi connectivity index (χ0) is 25.4. The molecule has 2 aromatic carbocycles. The standard InChI is InChI=1S/C26H26FN3O5S/c1-18-16-28(11-12-30(18)36(32,33)23-8-6-21(27)7-9-23)25(31)24-15-20-10-13-35-26(20)29(24)17-19-4-3-5-22(14-19)34-2/h3-10,13-15,18H,11-12,16-17H2,1-2H3. The first-order valence-electron chi connectivity index (χ1n) is 11.5. The molecule has 36 heavy (non-hydrogen) atoms. The molecule has 1 amide bonds. The monoisotopic (exact) mass is 511 g/mol. The maximum Gasteiger partial charge on any atom is 0.270 e. The summed E-state index contributed by atoms with van der Waals surface area (Å²) in [7, 11) is -2.21. The number of halogens is 1. The van der Waals surface area contributed by atoms with E-state index in [9.17, 15) is 17.6 Å². The molecular formula is C26H26FN3O5S. The number of ether oxygens (including phenoxy) is 1. The van der Waals surface area contributed by atoms with E-state index in [1.54, 1.807) is 31.3 Å². The van der Waals surface area contributed by atoms with Crippen LogP contribution in [-0.2, 0) is 16.6 Å². The van der Waals surface area contributed by atoms with Gasteiger partial charge in [0.15, 0.2) is 0 Å². The normalized spacial score (nSPS) is 17.0. The number of benzene rings is 2. The van der Waals surface area contributed by atoms with Gasteiger partial charge < -0.3 is 18.6 Å². The highest BCUT2D eigenvalue weighted by molar-refractivity contribution is 7.89. The number of furan rings is 1. The first-order chi connectivity index (χ1) is 17.3. The Balaban J connectivity index is 1.39. The van der Waals surface area contributed by atoms with Gasteiger partial charge in [-0.15, -0.1) is 0 Å². The Morgan fingerprint density at radius 3 is 2.61 bits per heavy atom. The Hall–Kier alpha value is -3.63. The number of amides is 1. The first kappa shape index (κ1) is 24.1. The van der Waals surface area contributed by atoms with Crippen LogP contribution in [0.3, 0.4) is 0 Å². The fraction of sp³-hybridized carbons (Fsp3) is 0.269. The molecule has 0 N–H and O–H groups in total. The summed E-state index contributed by atoms with van der Waals surface area (Å²) in [6.45, 7) is 2.77. The summed E-state index contributed by atoms with van der Waals surface area (Å²) in [4.78, 5) is 15.3. The largest absolute Gasteiger partial charge is 0.497 e. The molecule has 1 atom stereocenters. The lowest BCUT2D eigenvalue weighted by Gasteiger charge is -2.39. The zero-order valence-corrected chi connectivity index (χ0v) is 20.7. The Morgan fingerprint density at radius 2 is 1.89 bits per heavy atom. The van der Waals surface area contributed by atoms with Crippen LogP contribution in [0, 0.1) is 5.82 Å². The maximum absolute atomic E-state index is 13.6. The number of methoxy groups -OCH3 is 1. The molecule has 3 heterocycles. The highest BCUT2D eigenvalue weighted by Crippen LogP contribution is 2.27. The van der Waals surface area contributed by atoms with Gasteiger partial charge in [-0.05, 0) is 61.0 Å². The Kier molecular flexibility index (Phi) is 6.31. The first-order valence-corrected chi connectivity index (χ1v) is 13.0. The summed E-state index contributed by atoms with van der Waals surface area (Å²) in [5, 5.41) is 0.812. The zero-order valence-electron chi connectivity index (χ0n) is 19.9. The Labute approximate surface area is 208 Å². The molecule has 1 saturated heterocycles. The molecule has 1 aliphatic heterocycles. The second-order valence-electron chi connectivity index (χ2n) is 8.82. The summed E-state index contributed by atoms with van der Waals surface area (Å²) < 4.78 is 53.7. The van der Waals surface area contributed by atoms with Crippen LogP contribution in [0.5, 0.6) is 5.75 Å². The number of carbonyl (C=O) groups is 1. The molecule has 0 saturated carbocycles. The van der Waals surface area contributed by atoms with Crippen molar-refractivity contribution in [1.29, 1.82) is 0 Å². The van der Waals surface area contributed by atoms with Crippen molar-refractivity contribution in [3.63, 3.8) is 0 Å². The fourth-order valence-corrected chi connectivity index (χ4v) is 6.26. The van der Waals surface area contributed by atoms with Crippen LogP contribution in [-0.4, -0.2) is 60.9 Å². The van der Waals surface area contributed by atoms with Crippen molar-refractivity contribution in [1.82, 2.24) is 13.8 Å². The number of rotatable bonds is 6. The van der Waals surface area contributed by atoms with Crippen molar-refractivity contribution in [3.05, 3.63) is 84.0 Å². The SMILES string of the molecule is COc1cccc(Cn2c(C(=O)N3CCN(S(=O)(=O)c4ccc(F)cc4)C(C)C3)cc3ccoc32)c1. The van der Waals surface area contributed by atoms with E-state index in [0.717, 1.165) is 28.8 Å². The molecule has 10 heteroatoms. The molecule has 188 valence electrons. The molecule has 0 spiro atoms. The van der Waals surface area contributed by atoms with E-state index in [0.29, 0.717) is 18.0 Å². The third-order valence-corrected chi connectivity index (χ3v) is 8.50. The lowest BCUT2D eigenvalue weighted by Crippen LogP contribution is -2.55. The van der Waals surface area contributed by atoms with Crippen molar-refractivity contribution >= 4 is 27.0 Å². The van der Waals surface area contributed by atoms with E-state index in [1.807, 2.05) is 34.9 Å². The van der Waals surface area contributed by atoms with Crippen molar-refractivity contribution in [3.8, 4) is 5.75 Å². The number of hydrogen-bond acceptors (Lipinski definition) is 5. The van der Waals surface area contributed by atoms with Gasteiger partial charge in [-0.25, -0.2) is 12.8 Å². The number of hydrogen-bond donors (Lipinski definition) is 0. The van der Waals surface area contributed by atoms with E-state index >= 15 is 0 Å². The average Bonchev–Trinajstić information content (AvgIpc) is 3.46. The highest BCUT2D eigenvalue weighted by Gasteiger charge is 2.36. The highest BCUT2D eigenvalue weighted by atomic mass is 32.2. The molecule has 0 aliphatic carbocycles. The predicted molar refractivity (Wildman–Crippen MR) is 132 cm³/mol. The van der Waals surface area contributed by atoms with E-state index < -0.39 is 21.9 Å². The smallest absolute Gasteiger partial charge is 0.270 e. The van der Waals surface area contributed by atoms with Gasteiger partial charge in [0.05, 0.1) is 24.8 Å². The van der Waals surface area contributed by atoms with Gasteiger partial charge in [0.2, 0.25) is 15.7 Å². The topological polar surface area (TPSA) is 85.0 Å². The van der Waals surface area contributed by atoms with Crippen molar-refractivity contribution < 1.29 is 26.8 Å². The minimum Gasteiger partial charge on any atom is -0.497 e. The van der Waals surface area contributed by atoms with Crippen LogP contribution < -0.4 is 4.74 Å². The van der Waals surface area contributed by atoms with Crippen molar-refractivity contribution in [2.75, 3.05) is 26.7 Å². The van der Waals surface area contributed by atoms with Gasteiger partial charge in [-0.2, -0.15) is 4.31 Å². The van der Waals surface area contributed by atoms with Crippen LogP contribution in [0.1, 0.15) is 23.0 Å². The second-order valence-corrected chi connectivity index (χ2v) is 10.7. The summed E-state index contributed by atoms with van der Waals surface area (Å²) >= 11 is 0. The molecule has 1 fully saturated rings. The molecule has 2 aromatic heterocycles. The van der Waals surface area contributed by atoms with E-state index in [1.165, 1.54) is 16.4 Å². The van der Waals surface area contributed by atoms with Crippen molar-refractivity contribution in [2.45, 2.75) is 24.4 Å². The van der Waals surface area contributed by atoms with Gasteiger partial charge in [0.1, 0.15) is 17.3 Å². The van der Waals surface area contributed by atoms with Crippen LogP contribution in [0.15, 0.2) is 76.2 Å². The van der Waals surface area contributed by atoms with Crippen LogP contribution in [0.25, 0.3) is 11.1 Å². The Bertz CT molecular complexity index is 1510. The van der Waals surface area contributed by atoms with E-state index in [-0.39, 0.29) is 30.4 Å². The lowest BCUT2D eigenvalue weighted by atomic mass is 10.2. The summed E-state index contributed by atoms with van der Waals surface area (Å²) in [6, 6.07) is 15.5. The summed E-state index contributed by atoms with van der Waals surface area (Å²) in [5.41, 5.74) is 2.00. The predicted octanol–water partition coefficient (Wildman–Crippen LogP) is 3.97. The Morgan fingerprint density at radius 1 is 1.11 bits per heavy atom. The number of carbonyl (C=O) groups excluding carboxylic acids is 1. The lowest BCUT2D eigenvalue weighted by molar-refractivity contribution is 0.0632. The van der Waals surface area contributed by atoms with Gasteiger partial charge in [-0.3, -0.25) is 4.79 Å². The molecule has 5 rings (SSSR count). The van der Waals surface area contributed by atoms with Gasteiger partial charge in [-0.1, -0.05) is 12.1 Å². The number of fused-ring (bicyclic) bond motifs is 1. The van der Waals surface area contributed by atoms with Crippen LogP contribution in [0.4, 0.5) is 4.39 Å². The fourth-order valence-electron chi connectivity index (χ4n) is 4.65. The van der Waals surface area contributed by atoms with Crippen LogP contribution in [0.2, 0.25) is 0 Å². The third-order valence-electron chi connectivity index (χ3n) is 6.47. The molecule has 1 unspecified atom stereocenters. The second kappa shape index (κ2) is 9.44. The number of aromatic nitrogens is 1. The summed E-state index contributed by atoms with van der Waals surface area (Å²) in [5.74, 6) is 0.0191. The average molecular weight is 512 g/mol.